The van der Waals surface area contributed by atoms with Crippen LogP contribution in [0, 0.1) is 23.3 Å². The molecule has 0 saturated carbocycles. The molecule has 4 N–H and O–H groups in total. The van der Waals surface area contributed by atoms with Crippen LogP contribution in [0.2, 0.25) is 10.0 Å². The van der Waals surface area contributed by atoms with E-state index in [-0.39, 0.29) is 38.5 Å². The van der Waals surface area contributed by atoms with Gasteiger partial charge in [0.1, 0.15) is 23.3 Å². The van der Waals surface area contributed by atoms with Gasteiger partial charge in [-0.3, -0.25) is 19.8 Å². The molecule has 216 valence electrons. The van der Waals surface area contributed by atoms with E-state index in [0.29, 0.717) is 5.02 Å². The number of carbonyl (C=O) groups is 3. The predicted octanol–water partition coefficient (Wildman–Crippen LogP) is 6.25. The molecule has 0 aliphatic carbocycles. The van der Waals surface area contributed by atoms with Gasteiger partial charge in [-0.15, -0.1) is 0 Å². The summed E-state index contributed by atoms with van der Waals surface area (Å²) in [5.74, 6) is -5.62. The Labute approximate surface area is 246 Å². The molecule has 0 spiro atoms. The number of halogens is 6. The molecule has 0 saturated heterocycles. The fourth-order valence-electron chi connectivity index (χ4n) is 3.86. The van der Waals surface area contributed by atoms with Crippen molar-refractivity contribution in [2.75, 3.05) is 5.43 Å². The van der Waals surface area contributed by atoms with Crippen LogP contribution in [0.1, 0.15) is 42.2 Å². The molecule has 4 aromatic rings. The monoisotopic (exact) mass is 618 g/mol. The van der Waals surface area contributed by atoms with Gasteiger partial charge in [-0.05, 0) is 72.8 Å². The number of hydrazine groups is 1. The summed E-state index contributed by atoms with van der Waals surface area (Å²) in [6.07, 6.45) is 0. The Balaban J connectivity index is 1.70. The molecular formula is C29H20Cl2F4N4O3. The largest absolute Gasteiger partial charge is 0.366 e. The number of primary amides is 1. The molecule has 13 heteroatoms. The van der Waals surface area contributed by atoms with E-state index in [1.165, 1.54) is 24.3 Å². The number of benzene rings is 4. The van der Waals surface area contributed by atoms with Gasteiger partial charge in [-0.25, -0.2) is 22.6 Å². The lowest BCUT2D eigenvalue weighted by molar-refractivity contribution is 0.0781. The highest BCUT2D eigenvalue weighted by atomic mass is 35.5. The fourth-order valence-corrected chi connectivity index (χ4v) is 4.23. The van der Waals surface area contributed by atoms with Crippen LogP contribution in [0.25, 0.3) is 0 Å². The van der Waals surface area contributed by atoms with Crippen molar-refractivity contribution in [1.82, 2.24) is 10.3 Å². The van der Waals surface area contributed by atoms with E-state index in [1.54, 1.807) is 0 Å². The summed E-state index contributed by atoms with van der Waals surface area (Å²) >= 11 is 12.3. The van der Waals surface area contributed by atoms with Gasteiger partial charge in [-0.1, -0.05) is 23.2 Å². The molecule has 7 nitrogen and oxygen atoms in total. The molecule has 4 rings (SSSR count). The number of nitrogens with one attached hydrogen (secondary N) is 2. The van der Waals surface area contributed by atoms with Crippen LogP contribution >= 0.6 is 23.2 Å². The van der Waals surface area contributed by atoms with E-state index in [9.17, 15) is 31.9 Å². The molecular weight excluding hydrogens is 599 g/mol. The van der Waals surface area contributed by atoms with Crippen molar-refractivity contribution < 1.29 is 31.9 Å². The van der Waals surface area contributed by atoms with Crippen LogP contribution in [0.3, 0.4) is 0 Å². The average molecular weight is 619 g/mol. The Morgan fingerprint density at radius 3 is 1.98 bits per heavy atom. The lowest BCUT2D eigenvalue weighted by atomic mass is 10.1. The second-order valence-corrected chi connectivity index (χ2v) is 9.73. The van der Waals surface area contributed by atoms with Crippen molar-refractivity contribution >= 4 is 46.6 Å². The van der Waals surface area contributed by atoms with Gasteiger partial charge in [0.25, 0.3) is 11.8 Å². The standard InChI is InChI=1S/C29H20Cl2F4N4O3/c30-19-3-1-15(2-4-19)29(42)39(14-18-10-21(33)6-8-24(18)35)38-25-12-16(11-22(26(25)31)27(36)40)28(41)37-13-17-9-20(32)5-7-23(17)34/h1-12,38H,13-14H2,(H2,36,40)(H,37,41). The SMILES string of the molecule is NC(=O)c1cc(C(=O)NCc2cc(F)ccc2F)cc(NN(Cc2cc(F)ccc2F)C(=O)c2ccc(Cl)cc2)c1Cl. The van der Waals surface area contributed by atoms with Gasteiger partial charge in [0.05, 0.1) is 22.8 Å². The van der Waals surface area contributed by atoms with Crippen molar-refractivity contribution in [2.24, 2.45) is 5.73 Å². The molecule has 0 bridgehead atoms. The van der Waals surface area contributed by atoms with Crippen molar-refractivity contribution in [1.29, 1.82) is 0 Å². The predicted molar refractivity (Wildman–Crippen MR) is 149 cm³/mol. The number of hydrogen-bond donors (Lipinski definition) is 3. The third-order valence-corrected chi connectivity index (χ3v) is 6.63. The highest BCUT2D eigenvalue weighted by Crippen LogP contribution is 2.30. The summed E-state index contributed by atoms with van der Waals surface area (Å²) in [6.45, 7) is -0.928. The van der Waals surface area contributed by atoms with Crippen LogP contribution in [-0.2, 0) is 13.1 Å². The Morgan fingerprint density at radius 1 is 0.762 bits per heavy atom. The number of amides is 3. The minimum atomic E-state index is -1.03. The van der Waals surface area contributed by atoms with Crippen LogP contribution in [0.5, 0.6) is 0 Å². The third-order valence-electron chi connectivity index (χ3n) is 5.98. The lowest BCUT2D eigenvalue weighted by Gasteiger charge is -2.26. The summed E-state index contributed by atoms with van der Waals surface area (Å²) in [7, 11) is 0. The topological polar surface area (TPSA) is 105 Å². The van der Waals surface area contributed by atoms with Crippen LogP contribution in [-0.4, -0.2) is 22.7 Å². The Kier molecular flexibility index (Phi) is 9.34. The van der Waals surface area contributed by atoms with Crippen LogP contribution < -0.4 is 16.5 Å². The number of nitrogens with two attached hydrogens (primary N) is 1. The number of nitrogens with zero attached hydrogens (tertiary/aromatic N) is 1. The first-order valence-corrected chi connectivity index (χ1v) is 12.8. The number of rotatable bonds is 9. The maximum absolute atomic E-state index is 14.5. The Morgan fingerprint density at radius 2 is 1.36 bits per heavy atom. The third kappa shape index (κ3) is 7.17. The van der Waals surface area contributed by atoms with E-state index < -0.39 is 54.1 Å². The van der Waals surface area contributed by atoms with Gasteiger partial charge < -0.3 is 11.1 Å². The van der Waals surface area contributed by atoms with E-state index in [4.69, 9.17) is 28.9 Å². The summed E-state index contributed by atoms with van der Waals surface area (Å²) < 4.78 is 56.0. The molecule has 42 heavy (non-hydrogen) atoms. The minimum Gasteiger partial charge on any atom is -0.366 e. The summed E-state index contributed by atoms with van der Waals surface area (Å²) in [5, 5.41) is 3.34. The van der Waals surface area contributed by atoms with E-state index in [2.05, 4.69) is 10.7 Å². The van der Waals surface area contributed by atoms with Gasteiger partial charge in [0, 0.05) is 33.8 Å². The maximum atomic E-state index is 14.5. The van der Waals surface area contributed by atoms with Crippen LogP contribution in [0.4, 0.5) is 23.2 Å². The molecule has 0 aliphatic rings. The highest BCUT2D eigenvalue weighted by Gasteiger charge is 2.23. The average Bonchev–Trinajstić information content (AvgIpc) is 2.95. The Bertz CT molecular complexity index is 1690. The molecule has 0 unspecified atom stereocenters. The van der Waals surface area contributed by atoms with Crippen LogP contribution in [0.15, 0.2) is 72.8 Å². The molecule has 0 aliphatic heterocycles. The zero-order valence-corrected chi connectivity index (χ0v) is 22.9. The molecule has 0 atom stereocenters. The van der Waals surface area contributed by atoms with Crippen molar-refractivity contribution in [3.8, 4) is 0 Å². The molecule has 0 heterocycles. The summed E-state index contributed by atoms with van der Waals surface area (Å²) in [6, 6.07) is 13.3. The zero-order valence-electron chi connectivity index (χ0n) is 21.4. The molecule has 0 radical (unpaired) electrons. The highest BCUT2D eigenvalue weighted by molar-refractivity contribution is 6.36. The fraction of sp³-hybridized carbons (Fsp3) is 0.0690. The lowest BCUT2D eigenvalue weighted by Crippen LogP contribution is -2.36. The van der Waals surface area contributed by atoms with E-state index >= 15 is 0 Å². The minimum absolute atomic E-state index is 0.0981. The zero-order chi connectivity index (χ0) is 30.6. The Hall–Kier alpha value is -4.61. The quantitative estimate of drug-likeness (QED) is 0.152. The second-order valence-electron chi connectivity index (χ2n) is 8.91. The second kappa shape index (κ2) is 12.9. The smallest absolute Gasteiger partial charge is 0.272 e. The van der Waals surface area contributed by atoms with Crippen molar-refractivity contribution in [2.45, 2.75) is 13.1 Å². The van der Waals surface area contributed by atoms with Gasteiger partial charge in [0.2, 0.25) is 5.91 Å². The normalized spacial score (nSPS) is 10.7. The summed E-state index contributed by atoms with van der Waals surface area (Å²) in [5.41, 5.74) is 7.19. The first-order chi connectivity index (χ1) is 19.9. The first-order valence-electron chi connectivity index (χ1n) is 12.1. The summed E-state index contributed by atoms with van der Waals surface area (Å²) in [4.78, 5) is 38.6. The van der Waals surface area contributed by atoms with E-state index in [0.717, 1.165) is 53.5 Å². The molecule has 3 amide bonds. The van der Waals surface area contributed by atoms with E-state index in [1.807, 2.05) is 0 Å². The van der Waals surface area contributed by atoms with Crippen molar-refractivity contribution in [3.63, 3.8) is 0 Å². The van der Waals surface area contributed by atoms with Gasteiger partial charge in [-0.2, -0.15) is 0 Å². The maximum Gasteiger partial charge on any atom is 0.272 e. The van der Waals surface area contributed by atoms with Gasteiger partial charge in [0.15, 0.2) is 0 Å². The van der Waals surface area contributed by atoms with Crippen molar-refractivity contribution in [3.05, 3.63) is 134 Å². The molecule has 0 fully saturated rings. The number of hydrogen-bond acceptors (Lipinski definition) is 4. The first kappa shape index (κ1) is 30.4. The number of anilines is 1. The molecule has 4 aromatic carbocycles. The number of carbonyl (C=O) groups excluding carboxylic acids is 3. The molecule has 0 aromatic heterocycles. The van der Waals surface area contributed by atoms with Gasteiger partial charge >= 0.3 is 0 Å².